The molecule has 0 aliphatic rings. The third-order valence-corrected chi connectivity index (χ3v) is 4.06. The van der Waals surface area contributed by atoms with Crippen molar-refractivity contribution < 1.29 is 0 Å². The Kier molecular flexibility index (Phi) is 3.42. The number of aromatic nitrogens is 4. The molecule has 6 nitrogen and oxygen atoms in total. The van der Waals surface area contributed by atoms with Crippen molar-refractivity contribution in [1.29, 1.82) is 0 Å². The van der Waals surface area contributed by atoms with Crippen LogP contribution >= 0.6 is 11.8 Å². The van der Waals surface area contributed by atoms with Crippen LogP contribution in [0.3, 0.4) is 0 Å². The lowest BCUT2D eigenvalue weighted by molar-refractivity contribution is 0.776. The summed E-state index contributed by atoms with van der Waals surface area (Å²) in [6.07, 6.45) is 2.04. The van der Waals surface area contributed by atoms with Gasteiger partial charge in [0.05, 0.1) is 6.54 Å². The van der Waals surface area contributed by atoms with Gasteiger partial charge in [-0.2, -0.15) is 4.98 Å². The van der Waals surface area contributed by atoms with E-state index in [2.05, 4.69) is 39.2 Å². The number of rotatable bonds is 3. The number of nitrogens with one attached hydrogen (secondary N) is 1. The summed E-state index contributed by atoms with van der Waals surface area (Å²) in [5.41, 5.74) is 7.27. The van der Waals surface area contributed by atoms with Gasteiger partial charge in [-0.3, -0.25) is 9.78 Å². The summed E-state index contributed by atoms with van der Waals surface area (Å²) in [4.78, 5) is 24.0. The first-order valence-corrected chi connectivity index (χ1v) is 7.66. The standard InChI is InChI=1S/C14H15N5OS/c1-8-16-11-12(17-14(15)18-13(11)20)19(8)7-9-3-5-10(21-2)6-4-9/h3-6H,7H2,1-2H3,(H3,15,17,18,20). The van der Waals surface area contributed by atoms with Gasteiger partial charge in [0.1, 0.15) is 5.82 Å². The molecule has 0 fully saturated rings. The number of nitrogen functional groups attached to an aromatic ring is 1. The lowest BCUT2D eigenvalue weighted by Crippen LogP contribution is -2.12. The van der Waals surface area contributed by atoms with Crippen LogP contribution < -0.4 is 11.3 Å². The molecule has 0 amide bonds. The van der Waals surface area contributed by atoms with Gasteiger partial charge < -0.3 is 10.3 Å². The Morgan fingerprint density at radius 1 is 1.29 bits per heavy atom. The van der Waals surface area contributed by atoms with E-state index < -0.39 is 0 Å². The summed E-state index contributed by atoms with van der Waals surface area (Å²) in [5, 5.41) is 0. The van der Waals surface area contributed by atoms with Crippen LogP contribution in [-0.4, -0.2) is 25.8 Å². The van der Waals surface area contributed by atoms with Crippen LogP contribution in [0.5, 0.6) is 0 Å². The molecule has 21 heavy (non-hydrogen) atoms. The first-order chi connectivity index (χ1) is 10.1. The molecule has 0 aliphatic heterocycles. The van der Waals surface area contributed by atoms with Gasteiger partial charge in [0.25, 0.3) is 5.56 Å². The van der Waals surface area contributed by atoms with Crippen LogP contribution in [-0.2, 0) is 6.54 Å². The average molecular weight is 301 g/mol. The molecule has 0 aliphatic carbocycles. The molecule has 0 bridgehead atoms. The predicted octanol–water partition coefficient (Wildman–Crippen LogP) is 1.78. The molecule has 2 heterocycles. The quantitative estimate of drug-likeness (QED) is 0.720. The van der Waals surface area contributed by atoms with Gasteiger partial charge in [-0.05, 0) is 30.9 Å². The average Bonchev–Trinajstić information content (AvgIpc) is 2.77. The first-order valence-electron chi connectivity index (χ1n) is 6.44. The fourth-order valence-corrected chi connectivity index (χ4v) is 2.65. The minimum Gasteiger partial charge on any atom is -0.369 e. The van der Waals surface area contributed by atoms with Gasteiger partial charge in [0.15, 0.2) is 11.2 Å². The molecule has 0 spiro atoms. The van der Waals surface area contributed by atoms with E-state index >= 15 is 0 Å². The molecule has 0 saturated carbocycles. The van der Waals surface area contributed by atoms with E-state index in [1.54, 1.807) is 11.8 Å². The smallest absolute Gasteiger partial charge is 0.280 e. The van der Waals surface area contributed by atoms with Crippen molar-refractivity contribution >= 4 is 28.9 Å². The highest BCUT2D eigenvalue weighted by atomic mass is 32.2. The Morgan fingerprint density at radius 2 is 2.00 bits per heavy atom. The molecular weight excluding hydrogens is 286 g/mol. The van der Waals surface area contributed by atoms with Crippen molar-refractivity contribution in [2.24, 2.45) is 0 Å². The number of hydrogen-bond donors (Lipinski definition) is 2. The molecule has 3 aromatic rings. The van der Waals surface area contributed by atoms with Gasteiger partial charge in [-0.15, -0.1) is 11.8 Å². The van der Waals surface area contributed by atoms with E-state index in [0.717, 1.165) is 11.4 Å². The second-order valence-corrected chi connectivity index (χ2v) is 5.60. The number of fused-ring (bicyclic) bond motifs is 1. The van der Waals surface area contributed by atoms with E-state index in [1.165, 1.54) is 4.90 Å². The summed E-state index contributed by atoms with van der Waals surface area (Å²) in [6.45, 7) is 2.46. The summed E-state index contributed by atoms with van der Waals surface area (Å²) >= 11 is 1.70. The minimum atomic E-state index is -0.308. The fourth-order valence-electron chi connectivity index (χ4n) is 2.24. The van der Waals surface area contributed by atoms with Gasteiger partial charge in [-0.1, -0.05) is 12.1 Å². The molecule has 108 valence electrons. The Labute approximate surface area is 125 Å². The number of benzene rings is 1. The van der Waals surface area contributed by atoms with E-state index in [4.69, 9.17) is 5.73 Å². The van der Waals surface area contributed by atoms with Crippen molar-refractivity contribution in [3.05, 3.63) is 46.0 Å². The second-order valence-electron chi connectivity index (χ2n) is 4.72. The van der Waals surface area contributed by atoms with Gasteiger partial charge >= 0.3 is 0 Å². The second kappa shape index (κ2) is 5.25. The number of nitrogens with two attached hydrogens (primary N) is 1. The molecule has 3 rings (SSSR count). The number of imidazole rings is 1. The normalized spacial score (nSPS) is 11.1. The SMILES string of the molecule is CSc1ccc(Cn2c(C)nc3c(=O)[nH]c(N)nc32)cc1. The fraction of sp³-hybridized carbons (Fsp3) is 0.214. The number of aromatic amines is 1. The van der Waals surface area contributed by atoms with Crippen LogP contribution in [0.2, 0.25) is 0 Å². The topological polar surface area (TPSA) is 89.6 Å². The highest BCUT2D eigenvalue weighted by molar-refractivity contribution is 7.98. The zero-order chi connectivity index (χ0) is 15.0. The van der Waals surface area contributed by atoms with Crippen molar-refractivity contribution in [2.75, 3.05) is 12.0 Å². The van der Waals surface area contributed by atoms with E-state index in [-0.39, 0.29) is 11.5 Å². The van der Waals surface area contributed by atoms with Crippen LogP contribution in [0.1, 0.15) is 11.4 Å². The van der Waals surface area contributed by atoms with Gasteiger partial charge in [-0.25, -0.2) is 4.98 Å². The summed E-state index contributed by atoms with van der Waals surface area (Å²) in [7, 11) is 0. The lowest BCUT2D eigenvalue weighted by Gasteiger charge is -2.07. The third kappa shape index (κ3) is 2.52. The molecule has 0 radical (unpaired) electrons. The molecule has 0 saturated heterocycles. The lowest BCUT2D eigenvalue weighted by atomic mass is 10.2. The Hall–Kier alpha value is -2.28. The predicted molar refractivity (Wildman–Crippen MR) is 84.6 cm³/mol. The Bertz CT molecular complexity index is 850. The largest absolute Gasteiger partial charge is 0.369 e. The number of H-pyrrole nitrogens is 1. The van der Waals surface area contributed by atoms with Crippen LogP contribution in [0.15, 0.2) is 34.0 Å². The number of aryl methyl sites for hydroxylation is 1. The molecule has 0 unspecified atom stereocenters. The van der Waals surface area contributed by atoms with E-state index in [0.29, 0.717) is 17.7 Å². The zero-order valence-corrected chi connectivity index (χ0v) is 12.6. The number of thioether (sulfide) groups is 1. The maximum absolute atomic E-state index is 11.8. The number of hydrogen-bond acceptors (Lipinski definition) is 5. The van der Waals surface area contributed by atoms with E-state index in [1.807, 2.05) is 17.7 Å². The number of nitrogens with zero attached hydrogens (tertiary/aromatic N) is 3. The van der Waals surface area contributed by atoms with Gasteiger partial charge in [0.2, 0.25) is 5.95 Å². The molecule has 1 aromatic carbocycles. The molecule has 3 N–H and O–H groups in total. The highest BCUT2D eigenvalue weighted by Gasteiger charge is 2.13. The first kappa shape index (κ1) is 13.7. The van der Waals surface area contributed by atoms with Crippen molar-refractivity contribution in [3.63, 3.8) is 0 Å². The monoisotopic (exact) mass is 301 g/mol. The van der Waals surface area contributed by atoms with Crippen molar-refractivity contribution in [3.8, 4) is 0 Å². The maximum atomic E-state index is 11.8. The summed E-state index contributed by atoms with van der Waals surface area (Å²) in [5.74, 6) is 0.842. The Morgan fingerprint density at radius 3 is 2.67 bits per heavy atom. The maximum Gasteiger partial charge on any atom is 0.280 e. The van der Waals surface area contributed by atoms with Crippen LogP contribution in [0, 0.1) is 6.92 Å². The van der Waals surface area contributed by atoms with Crippen molar-refractivity contribution in [2.45, 2.75) is 18.4 Å². The molecule has 7 heteroatoms. The molecule has 0 atom stereocenters. The minimum absolute atomic E-state index is 0.103. The highest BCUT2D eigenvalue weighted by Crippen LogP contribution is 2.17. The van der Waals surface area contributed by atoms with Crippen LogP contribution in [0.25, 0.3) is 11.2 Å². The Balaban J connectivity index is 2.07. The number of anilines is 1. The van der Waals surface area contributed by atoms with Crippen molar-refractivity contribution in [1.82, 2.24) is 19.5 Å². The third-order valence-electron chi connectivity index (χ3n) is 3.31. The summed E-state index contributed by atoms with van der Waals surface area (Å²) in [6, 6.07) is 8.27. The molecule has 2 aromatic heterocycles. The molecular formula is C14H15N5OS. The van der Waals surface area contributed by atoms with E-state index in [9.17, 15) is 4.79 Å². The van der Waals surface area contributed by atoms with Gasteiger partial charge in [0, 0.05) is 4.90 Å². The summed E-state index contributed by atoms with van der Waals surface area (Å²) < 4.78 is 1.90. The zero-order valence-electron chi connectivity index (χ0n) is 11.8. The van der Waals surface area contributed by atoms with Crippen LogP contribution in [0.4, 0.5) is 5.95 Å².